The number of methoxy groups -OCH3 is 1. The van der Waals surface area contributed by atoms with Crippen LogP contribution in [0.3, 0.4) is 0 Å². The van der Waals surface area contributed by atoms with E-state index in [1.165, 1.54) is 29.2 Å². The van der Waals surface area contributed by atoms with Crippen molar-refractivity contribution in [3.05, 3.63) is 64.0 Å². The third kappa shape index (κ3) is 4.40. The number of sulfonamides is 1. The molecule has 3 rings (SSSR count). The van der Waals surface area contributed by atoms with Crippen LogP contribution in [0.5, 0.6) is 5.75 Å². The van der Waals surface area contributed by atoms with Gasteiger partial charge in [-0.25, -0.2) is 0 Å². The first-order chi connectivity index (χ1) is 13.3. The summed E-state index contributed by atoms with van der Waals surface area (Å²) >= 11 is 6.84. The molecule has 146 valence electrons. The van der Waals surface area contributed by atoms with Gasteiger partial charge in [0.2, 0.25) is 0 Å². The number of likely N-dealkylation sites (N-methyl/N-ethyl adjacent to an activating group) is 1. The lowest BCUT2D eigenvalue weighted by atomic mass is 10.2. The topological polar surface area (TPSA) is 76.0 Å². The highest BCUT2D eigenvalue weighted by molar-refractivity contribution is 8.19. The quantitative estimate of drug-likeness (QED) is 0.661. The highest BCUT2D eigenvalue weighted by atomic mass is 35.5. The molecule has 0 bridgehead atoms. The molecule has 0 spiro atoms. The van der Waals surface area contributed by atoms with Gasteiger partial charge in [0.1, 0.15) is 5.75 Å². The maximum Gasteiger partial charge on any atom is 0.284 e. The monoisotopic (exact) mass is 436 g/mol. The van der Waals surface area contributed by atoms with Gasteiger partial charge in [-0.05, 0) is 66.7 Å². The summed E-state index contributed by atoms with van der Waals surface area (Å²) in [5, 5.41) is 0.555. The maximum atomic E-state index is 12.7. The number of thioether (sulfide) groups is 1. The second-order valence-electron chi connectivity index (χ2n) is 5.74. The van der Waals surface area contributed by atoms with E-state index in [4.69, 9.17) is 16.3 Å². The molecule has 0 aromatic heterocycles. The van der Waals surface area contributed by atoms with E-state index < -0.39 is 10.0 Å². The number of carbonyl (C=O) groups is 1. The van der Waals surface area contributed by atoms with Crippen LogP contribution in [0.2, 0.25) is 5.02 Å². The molecule has 6 nitrogen and oxygen atoms in total. The van der Waals surface area contributed by atoms with Crippen molar-refractivity contribution in [3.8, 4) is 5.75 Å². The van der Waals surface area contributed by atoms with Crippen LogP contribution in [0.25, 0.3) is 6.08 Å². The fourth-order valence-electron chi connectivity index (χ4n) is 2.47. The number of hydrogen-bond acceptors (Lipinski definition) is 5. The summed E-state index contributed by atoms with van der Waals surface area (Å²) in [6, 6.07) is 12.9. The summed E-state index contributed by atoms with van der Waals surface area (Å²) in [5.41, 5.74) is 0.800. The summed E-state index contributed by atoms with van der Waals surface area (Å²) in [5.74, 6) is 0.424. The van der Waals surface area contributed by atoms with Gasteiger partial charge in [-0.15, -0.1) is 4.40 Å². The minimum absolute atomic E-state index is 0.0149. The average molecular weight is 437 g/mol. The number of nitrogens with zero attached hydrogens (tertiary/aromatic N) is 2. The van der Waals surface area contributed by atoms with Crippen molar-refractivity contribution in [3.63, 3.8) is 0 Å². The Bertz CT molecular complexity index is 1050. The van der Waals surface area contributed by atoms with Crippen molar-refractivity contribution < 1.29 is 17.9 Å². The summed E-state index contributed by atoms with van der Waals surface area (Å²) in [4.78, 5) is 14.4. The first-order valence-corrected chi connectivity index (χ1v) is 10.9. The number of hydrogen-bond donors (Lipinski definition) is 0. The second kappa shape index (κ2) is 8.38. The Morgan fingerprint density at radius 2 is 1.79 bits per heavy atom. The number of amidine groups is 1. The molecule has 1 aliphatic heterocycles. The zero-order valence-corrected chi connectivity index (χ0v) is 17.5. The maximum absolute atomic E-state index is 12.7. The molecule has 9 heteroatoms. The van der Waals surface area contributed by atoms with E-state index in [1.54, 1.807) is 32.2 Å². The van der Waals surface area contributed by atoms with Gasteiger partial charge in [-0.2, -0.15) is 8.42 Å². The lowest BCUT2D eigenvalue weighted by molar-refractivity contribution is -0.122. The highest BCUT2D eigenvalue weighted by Crippen LogP contribution is 2.33. The molecular weight excluding hydrogens is 420 g/mol. The predicted octanol–water partition coefficient (Wildman–Crippen LogP) is 4.03. The van der Waals surface area contributed by atoms with Crippen molar-refractivity contribution in [1.82, 2.24) is 4.90 Å². The van der Waals surface area contributed by atoms with Gasteiger partial charge >= 0.3 is 0 Å². The van der Waals surface area contributed by atoms with Crippen LogP contribution in [0, 0.1) is 0 Å². The van der Waals surface area contributed by atoms with Crippen molar-refractivity contribution in [2.45, 2.75) is 11.8 Å². The third-order valence-electron chi connectivity index (χ3n) is 3.93. The number of rotatable bonds is 5. The van der Waals surface area contributed by atoms with E-state index in [0.29, 0.717) is 22.2 Å². The zero-order chi connectivity index (χ0) is 20.3. The lowest BCUT2D eigenvalue weighted by Gasteiger charge is -2.11. The van der Waals surface area contributed by atoms with Gasteiger partial charge < -0.3 is 4.74 Å². The molecule has 28 heavy (non-hydrogen) atoms. The molecule has 0 radical (unpaired) electrons. The second-order valence-corrected chi connectivity index (χ2v) is 8.79. The van der Waals surface area contributed by atoms with Crippen molar-refractivity contribution >= 4 is 50.5 Å². The van der Waals surface area contributed by atoms with Gasteiger partial charge in [0, 0.05) is 11.6 Å². The minimum atomic E-state index is -3.96. The Balaban J connectivity index is 1.93. The van der Waals surface area contributed by atoms with Gasteiger partial charge in [0.05, 0.1) is 16.9 Å². The normalized spacial score (nSPS) is 17.5. The Morgan fingerprint density at radius 1 is 1.14 bits per heavy atom. The first-order valence-electron chi connectivity index (χ1n) is 8.30. The Labute approximate surface area is 172 Å². The van der Waals surface area contributed by atoms with E-state index in [-0.39, 0.29) is 16.0 Å². The first kappa shape index (κ1) is 20.4. The SMILES string of the molecule is CCN1C(=O)/C(=C/c2ccc(OC)cc2)S/C1=N\S(=O)(=O)c1ccc(Cl)cc1. The minimum Gasteiger partial charge on any atom is -0.497 e. The molecule has 1 aliphatic rings. The Kier molecular flexibility index (Phi) is 6.12. The van der Waals surface area contributed by atoms with Gasteiger partial charge in [0.25, 0.3) is 15.9 Å². The standard InChI is InChI=1S/C19H17ClN2O4S2/c1-3-22-18(23)17(12-13-4-8-15(26-2)9-5-13)27-19(22)21-28(24,25)16-10-6-14(20)7-11-16/h4-12H,3H2,1-2H3/b17-12-,21-19-. The molecule has 0 saturated carbocycles. The Morgan fingerprint density at radius 3 is 2.36 bits per heavy atom. The smallest absolute Gasteiger partial charge is 0.284 e. The van der Waals surface area contributed by atoms with Crippen LogP contribution in [-0.2, 0) is 14.8 Å². The molecular formula is C19H17ClN2O4S2. The molecule has 2 aromatic carbocycles. The molecule has 0 atom stereocenters. The Hall–Kier alpha value is -2.29. The molecule has 2 aromatic rings. The zero-order valence-electron chi connectivity index (χ0n) is 15.1. The lowest BCUT2D eigenvalue weighted by Crippen LogP contribution is -2.29. The van der Waals surface area contributed by atoms with E-state index in [2.05, 4.69) is 4.40 Å². The van der Waals surface area contributed by atoms with Crippen LogP contribution < -0.4 is 4.74 Å². The molecule has 1 saturated heterocycles. The number of ether oxygens (including phenoxy) is 1. The largest absolute Gasteiger partial charge is 0.497 e. The summed E-state index contributed by atoms with van der Waals surface area (Å²) in [6.45, 7) is 2.07. The van der Waals surface area contributed by atoms with Crippen LogP contribution in [0.15, 0.2) is 62.7 Å². The van der Waals surface area contributed by atoms with Crippen molar-refractivity contribution in [2.75, 3.05) is 13.7 Å². The number of benzene rings is 2. The van der Waals surface area contributed by atoms with E-state index in [0.717, 1.165) is 17.3 Å². The molecule has 0 unspecified atom stereocenters. The molecule has 0 aliphatic carbocycles. The third-order valence-corrected chi connectivity index (χ3v) is 6.58. The molecule has 1 heterocycles. The van der Waals surface area contributed by atoms with E-state index in [1.807, 2.05) is 12.1 Å². The molecule has 1 fully saturated rings. The fourth-order valence-corrected chi connectivity index (χ4v) is 4.84. The van der Waals surface area contributed by atoms with Gasteiger partial charge in [-0.3, -0.25) is 9.69 Å². The van der Waals surface area contributed by atoms with Crippen LogP contribution in [0.4, 0.5) is 0 Å². The predicted molar refractivity (Wildman–Crippen MR) is 112 cm³/mol. The van der Waals surface area contributed by atoms with Crippen molar-refractivity contribution in [1.29, 1.82) is 0 Å². The fraction of sp³-hybridized carbons (Fsp3) is 0.158. The summed E-state index contributed by atoms with van der Waals surface area (Å²) in [6.07, 6.45) is 1.70. The van der Waals surface area contributed by atoms with Crippen LogP contribution >= 0.6 is 23.4 Å². The summed E-state index contributed by atoms with van der Waals surface area (Å²) < 4.78 is 34.2. The van der Waals surface area contributed by atoms with Crippen LogP contribution in [-0.4, -0.2) is 38.0 Å². The van der Waals surface area contributed by atoms with Gasteiger partial charge in [-0.1, -0.05) is 23.7 Å². The van der Waals surface area contributed by atoms with Crippen LogP contribution in [0.1, 0.15) is 12.5 Å². The average Bonchev–Trinajstić information content (AvgIpc) is 2.96. The number of amides is 1. The van der Waals surface area contributed by atoms with E-state index >= 15 is 0 Å². The molecule has 0 N–H and O–H groups in total. The van der Waals surface area contributed by atoms with Gasteiger partial charge in [0.15, 0.2) is 5.17 Å². The number of halogens is 1. The summed E-state index contributed by atoms with van der Waals surface area (Å²) in [7, 11) is -2.39. The molecule has 1 amide bonds. The highest BCUT2D eigenvalue weighted by Gasteiger charge is 2.34. The van der Waals surface area contributed by atoms with E-state index in [9.17, 15) is 13.2 Å². The number of carbonyl (C=O) groups excluding carboxylic acids is 1. The van der Waals surface area contributed by atoms with Crippen molar-refractivity contribution in [2.24, 2.45) is 4.40 Å².